The first-order valence-corrected chi connectivity index (χ1v) is 10.2. The molecule has 0 saturated heterocycles. The van der Waals surface area contributed by atoms with E-state index < -0.39 is 0 Å². The van der Waals surface area contributed by atoms with E-state index in [2.05, 4.69) is 24.1 Å². The van der Waals surface area contributed by atoms with E-state index in [1.165, 1.54) is 11.3 Å². The van der Waals surface area contributed by atoms with Crippen LogP contribution in [0, 0.1) is 0 Å². The molecule has 0 spiro atoms. The maximum absolute atomic E-state index is 12.4. The van der Waals surface area contributed by atoms with E-state index in [4.69, 9.17) is 9.47 Å². The number of carbonyl (C=O) groups is 1. The topological polar surface area (TPSA) is 60.5 Å². The highest BCUT2D eigenvalue weighted by atomic mass is 32.1. The van der Waals surface area contributed by atoms with Crippen molar-refractivity contribution in [3.8, 4) is 11.5 Å². The van der Waals surface area contributed by atoms with Gasteiger partial charge in [0, 0.05) is 5.38 Å². The molecule has 0 bridgehead atoms. The number of para-hydroxylation sites is 3. The zero-order valence-corrected chi connectivity index (χ0v) is 16.9. The highest BCUT2D eigenvalue weighted by Gasteiger charge is 2.12. The third-order valence-corrected chi connectivity index (χ3v) is 5.08. The lowest BCUT2D eigenvalue weighted by atomic mass is 9.98. The Kier molecular flexibility index (Phi) is 7.03. The van der Waals surface area contributed by atoms with Crippen LogP contribution in [-0.2, 0) is 11.4 Å². The van der Waals surface area contributed by atoms with Crippen LogP contribution in [0.4, 0.5) is 5.69 Å². The van der Waals surface area contributed by atoms with Gasteiger partial charge in [0.25, 0.3) is 5.91 Å². The Labute approximate surface area is 169 Å². The quantitative estimate of drug-likeness (QED) is 0.536. The van der Waals surface area contributed by atoms with Gasteiger partial charge in [-0.1, -0.05) is 44.2 Å². The summed E-state index contributed by atoms with van der Waals surface area (Å²) in [5, 5.41) is 4.80. The summed E-state index contributed by atoms with van der Waals surface area (Å²) in [5.41, 5.74) is 4.35. The monoisotopic (exact) mass is 396 g/mol. The molecule has 0 aliphatic carbocycles. The number of thiazole rings is 1. The van der Waals surface area contributed by atoms with Crippen molar-refractivity contribution < 1.29 is 14.3 Å². The summed E-state index contributed by atoms with van der Waals surface area (Å²) in [4.78, 5) is 16.6. The van der Waals surface area contributed by atoms with E-state index in [0.29, 0.717) is 24.0 Å². The summed E-state index contributed by atoms with van der Waals surface area (Å²) in [6, 6.07) is 15.2. The van der Waals surface area contributed by atoms with Gasteiger partial charge in [0.05, 0.1) is 16.9 Å². The van der Waals surface area contributed by atoms with Crippen LogP contribution in [0.1, 0.15) is 37.4 Å². The molecule has 0 fully saturated rings. The Bertz CT molecular complexity index is 896. The standard InChI is InChI=1S/C22H24N2O3S/c1-3-16(2)18-8-4-6-10-20(18)27-13-22(25)24-19-9-5-7-11-21(19)26-12-17-14-28-15-23-17/h4-11,14-16H,3,12-13H2,1-2H3,(H,24,25). The molecule has 1 heterocycles. The Morgan fingerprint density at radius 1 is 1.11 bits per heavy atom. The summed E-state index contributed by atoms with van der Waals surface area (Å²) in [6.07, 6.45) is 1.01. The zero-order chi connectivity index (χ0) is 19.8. The third kappa shape index (κ3) is 5.33. The number of hydrogen-bond acceptors (Lipinski definition) is 5. The molecule has 146 valence electrons. The molecule has 1 unspecified atom stereocenters. The van der Waals surface area contributed by atoms with Crippen molar-refractivity contribution in [2.24, 2.45) is 0 Å². The average Bonchev–Trinajstić information content (AvgIpc) is 3.25. The van der Waals surface area contributed by atoms with Gasteiger partial charge in [-0.05, 0) is 36.1 Å². The Morgan fingerprint density at radius 2 is 1.86 bits per heavy atom. The second kappa shape index (κ2) is 9.90. The largest absolute Gasteiger partial charge is 0.485 e. The highest BCUT2D eigenvalue weighted by molar-refractivity contribution is 7.07. The lowest BCUT2D eigenvalue weighted by Crippen LogP contribution is -2.21. The summed E-state index contributed by atoms with van der Waals surface area (Å²) >= 11 is 1.52. The Balaban J connectivity index is 1.60. The molecule has 0 aliphatic rings. The average molecular weight is 397 g/mol. The molecule has 0 saturated carbocycles. The number of anilines is 1. The molecule has 0 radical (unpaired) electrons. The van der Waals surface area contributed by atoms with E-state index in [0.717, 1.165) is 23.4 Å². The molecule has 28 heavy (non-hydrogen) atoms. The lowest BCUT2D eigenvalue weighted by Gasteiger charge is -2.16. The minimum absolute atomic E-state index is 0.0616. The van der Waals surface area contributed by atoms with Crippen molar-refractivity contribution in [3.05, 3.63) is 70.7 Å². The van der Waals surface area contributed by atoms with Crippen molar-refractivity contribution in [2.75, 3.05) is 11.9 Å². The van der Waals surface area contributed by atoms with Gasteiger partial charge in [-0.15, -0.1) is 11.3 Å². The van der Waals surface area contributed by atoms with E-state index in [-0.39, 0.29) is 12.5 Å². The maximum Gasteiger partial charge on any atom is 0.262 e. The van der Waals surface area contributed by atoms with E-state index in [9.17, 15) is 4.79 Å². The van der Waals surface area contributed by atoms with Crippen LogP contribution in [0.3, 0.4) is 0 Å². The Hall–Kier alpha value is -2.86. The van der Waals surface area contributed by atoms with Gasteiger partial charge in [0.1, 0.15) is 18.1 Å². The lowest BCUT2D eigenvalue weighted by molar-refractivity contribution is -0.118. The number of aromatic nitrogens is 1. The molecule has 1 N–H and O–H groups in total. The number of nitrogens with zero attached hydrogens (tertiary/aromatic N) is 1. The fourth-order valence-corrected chi connectivity index (χ4v) is 3.27. The molecule has 2 aromatic carbocycles. The van der Waals surface area contributed by atoms with Crippen LogP contribution < -0.4 is 14.8 Å². The summed E-state index contributed by atoms with van der Waals surface area (Å²) in [5.74, 6) is 1.49. The maximum atomic E-state index is 12.4. The molecule has 1 aromatic heterocycles. The van der Waals surface area contributed by atoms with Crippen molar-refractivity contribution >= 4 is 22.9 Å². The van der Waals surface area contributed by atoms with Gasteiger partial charge in [0.15, 0.2) is 6.61 Å². The van der Waals surface area contributed by atoms with Crippen LogP contribution in [0.25, 0.3) is 0 Å². The molecule has 3 rings (SSSR count). The SMILES string of the molecule is CCC(C)c1ccccc1OCC(=O)Nc1ccccc1OCc1cscn1. The number of carbonyl (C=O) groups excluding carboxylic acids is 1. The van der Waals surface area contributed by atoms with E-state index >= 15 is 0 Å². The molecular formula is C22H24N2O3S. The fourth-order valence-electron chi connectivity index (χ4n) is 2.72. The third-order valence-electron chi connectivity index (χ3n) is 4.44. The van der Waals surface area contributed by atoms with Crippen molar-refractivity contribution in [3.63, 3.8) is 0 Å². The second-order valence-corrected chi connectivity index (χ2v) is 7.17. The number of amides is 1. The highest BCUT2D eigenvalue weighted by Crippen LogP contribution is 2.29. The van der Waals surface area contributed by atoms with Gasteiger partial charge in [-0.2, -0.15) is 0 Å². The van der Waals surface area contributed by atoms with Gasteiger partial charge in [-0.25, -0.2) is 4.98 Å². The number of ether oxygens (including phenoxy) is 2. The van der Waals surface area contributed by atoms with Gasteiger partial charge in [0.2, 0.25) is 0 Å². The molecule has 1 amide bonds. The smallest absolute Gasteiger partial charge is 0.262 e. The van der Waals surface area contributed by atoms with Crippen molar-refractivity contribution in [1.82, 2.24) is 4.98 Å². The first-order valence-electron chi connectivity index (χ1n) is 9.27. The molecule has 1 atom stereocenters. The minimum Gasteiger partial charge on any atom is -0.485 e. The first-order chi connectivity index (χ1) is 13.7. The van der Waals surface area contributed by atoms with E-state index in [1.807, 2.05) is 47.8 Å². The second-order valence-electron chi connectivity index (χ2n) is 6.45. The first kappa shape index (κ1) is 19.9. The normalized spacial score (nSPS) is 11.6. The molecular weight excluding hydrogens is 372 g/mol. The molecule has 5 nitrogen and oxygen atoms in total. The fraction of sp³-hybridized carbons (Fsp3) is 0.273. The summed E-state index contributed by atoms with van der Waals surface area (Å²) in [7, 11) is 0. The summed E-state index contributed by atoms with van der Waals surface area (Å²) in [6.45, 7) is 4.58. The predicted molar refractivity (Wildman–Crippen MR) is 112 cm³/mol. The Morgan fingerprint density at radius 3 is 2.61 bits per heavy atom. The van der Waals surface area contributed by atoms with Crippen LogP contribution in [0.15, 0.2) is 59.4 Å². The predicted octanol–water partition coefficient (Wildman–Crippen LogP) is 5.25. The van der Waals surface area contributed by atoms with Crippen molar-refractivity contribution in [1.29, 1.82) is 0 Å². The van der Waals surface area contributed by atoms with E-state index in [1.54, 1.807) is 11.6 Å². The number of rotatable bonds is 9. The summed E-state index contributed by atoms with van der Waals surface area (Å²) < 4.78 is 11.6. The van der Waals surface area contributed by atoms with Crippen LogP contribution in [0.5, 0.6) is 11.5 Å². The number of hydrogen-bond donors (Lipinski definition) is 1. The van der Waals surface area contributed by atoms with Crippen molar-refractivity contribution in [2.45, 2.75) is 32.8 Å². The minimum atomic E-state index is -0.233. The van der Waals surface area contributed by atoms with Crippen LogP contribution >= 0.6 is 11.3 Å². The van der Waals surface area contributed by atoms with Gasteiger partial charge in [-0.3, -0.25) is 4.79 Å². The van der Waals surface area contributed by atoms with Gasteiger partial charge >= 0.3 is 0 Å². The molecule has 0 aliphatic heterocycles. The van der Waals surface area contributed by atoms with Gasteiger partial charge < -0.3 is 14.8 Å². The molecule has 3 aromatic rings. The zero-order valence-electron chi connectivity index (χ0n) is 16.1. The van der Waals surface area contributed by atoms with Crippen LogP contribution in [-0.4, -0.2) is 17.5 Å². The van der Waals surface area contributed by atoms with Crippen LogP contribution in [0.2, 0.25) is 0 Å². The number of benzene rings is 2. The molecule has 6 heteroatoms. The number of nitrogens with one attached hydrogen (secondary N) is 1.